The maximum absolute atomic E-state index is 6.06. The van der Waals surface area contributed by atoms with Gasteiger partial charge < -0.3 is 9.47 Å². The molecule has 0 saturated heterocycles. The van der Waals surface area contributed by atoms with E-state index in [0.717, 1.165) is 24.3 Å². The van der Waals surface area contributed by atoms with Gasteiger partial charge in [-0.1, -0.05) is 30.3 Å². The first kappa shape index (κ1) is 11.1. The summed E-state index contributed by atoms with van der Waals surface area (Å²) in [5.74, 6) is 1.89. The summed E-state index contributed by atoms with van der Waals surface area (Å²) in [6.07, 6.45) is 2.22. The van der Waals surface area contributed by atoms with Crippen molar-refractivity contribution in [3.8, 4) is 11.5 Å². The Morgan fingerprint density at radius 1 is 1.11 bits per heavy atom. The lowest BCUT2D eigenvalue weighted by Gasteiger charge is -2.26. The Balaban J connectivity index is 1.87. The van der Waals surface area contributed by atoms with E-state index in [4.69, 9.17) is 9.47 Å². The molecule has 0 aromatic heterocycles. The molecule has 0 spiro atoms. The van der Waals surface area contributed by atoms with Crippen LogP contribution < -0.4 is 9.47 Å². The summed E-state index contributed by atoms with van der Waals surface area (Å²) in [6, 6.07) is 16.4. The molecule has 2 aromatic carbocycles. The molecular formula is C16H16O2. The minimum absolute atomic E-state index is 0.134. The molecule has 1 atom stereocenters. The number of benzene rings is 2. The maximum Gasteiger partial charge on any atom is 0.124 e. The van der Waals surface area contributed by atoms with Gasteiger partial charge in [0, 0.05) is 0 Å². The van der Waals surface area contributed by atoms with Crippen LogP contribution in [0.2, 0.25) is 0 Å². The van der Waals surface area contributed by atoms with Gasteiger partial charge in [0.1, 0.15) is 17.6 Å². The standard InChI is InChI=1S/C16H16O2/c1-17-14-7-4-6-13(11-14)16-10-9-12-5-2-3-8-15(12)18-16/h2-8,11,16H,9-10H2,1H3. The fourth-order valence-corrected chi connectivity index (χ4v) is 2.40. The number of rotatable bonds is 2. The number of para-hydroxylation sites is 1. The molecule has 1 aliphatic rings. The highest BCUT2D eigenvalue weighted by molar-refractivity contribution is 5.37. The van der Waals surface area contributed by atoms with E-state index in [1.807, 2.05) is 24.3 Å². The first-order chi connectivity index (χ1) is 8.86. The summed E-state index contributed by atoms with van der Waals surface area (Å²) >= 11 is 0. The fourth-order valence-electron chi connectivity index (χ4n) is 2.40. The third-order valence-electron chi connectivity index (χ3n) is 3.38. The predicted molar refractivity (Wildman–Crippen MR) is 71.1 cm³/mol. The van der Waals surface area contributed by atoms with Crippen LogP contribution in [0.15, 0.2) is 48.5 Å². The molecule has 0 N–H and O–H groups in total. The normalized spacial score (nSPS) is 17.7. The summed E-state index contributed by atoms with van der Waals surface area (Å²) in [7, 11) is 1.69. The van der Waals surface area contributed by atoms with Crippen LogP contribution in [0.5, 0.6) is 11.5 Å². The molecule has 2 aromatic rings. The third kappa shape index (κ3) is 2.06. The zero-order valence-corrected chi connectivity index (χ0v) is 10.4. The van der Waals surface area contributed by atoms with Gasteiger partial charge in [-0.05, 0) is 42.2 Å². The summed E-state index contributed by atoms with van der Waals surface area (Å²) in [5, 5.41) is 0. The highest BCUT2D eigenvalue weighted by Gasteiger charge is 2.20. The van der Waals surface area contributed by atoms with Crippen LogP contribution in [0.4, 0.5) is 0 Å². The molecule has 1 aliphatic heterocycles. The van der Waals surface area contributed by atoms with E-state index in [9.17, 15) is 0 Å². The van der Waals surface area contributed by atoms with Crippen molar-refractivity contribution < 1.29 is 9.47 Å². The van der Waals surface area contributed by atoms with E-state index in [0.29, 0.717) is 0 Å². The molecule has 0 aliphatic carbocycles. The molecule has 0 bridgehead atoms. The van der Waals surface area contributed by atoms with Crippen molar-refractivity contribution in [1.29, 1.82) is 0 Å². The average Bonchev–Trinajstić information content (AvgIpc) is 2.47. The van der Waals surface area contributed by atoms with Gasteiger partial charge in [0.05, 0.1) is 7.11 Å². The molecule has 0 amide bonds. The summed E-state index contributed by atoms with van der Waals surface area (Å²) < 4.78 is 11.3. The SMILES string of the molecule is COc1cccc(C2CCc3ccccc3O2)c1. The zero-order valence-electron chi connectivity index (χ0n) is 10.4. The van der Waals surface area contributed by atoms with Crippen molar-refractivity contribution >= 4 is 0 Å². The van der Waals surface area contributed by atoms with Crippen LogP contribution in [0, 0.1) is 0 Å². The van der Waals surface area contributed by atoms with E-state index in [2.05, 4.69) is 24.3 Å². The van der Waals surface area contributed by atoms with Gasteiger partial charge in [-0.25, -0.2) is 0 Å². The Bertz CT molecular complexity index is 548. The molecule has 2 heteroatoms. The minimum Gasteiger partial charge on any atom is -0.497 e. The summed E-state index contributed by atoms with van der Waals surface area (Å²) in [6.45, 7) is 0. The van der Waals surface area contributed by atoms with Gasteiger partial charge in [-0.3, -0.25) is 0 Å². The van der Waals surface area contributed by atoms with Gasteiger partial charge in [-0.2, -0.15) is 0 Å². The van der Waals surface area contributed by atoms with Crippen LogP contribution in [-0.4, -0.2) is 7.11 Å². The molecule has 92 valence electrons. The van der Waals surface area contributed by atoms with Crippen molar-refractivity contribution in [1.82, 2.24) is 0 Å². The van der Waals surface area contributed by atoms with Gasteiger partial charge >= 0.3 is 0 Å². The Hall–Kier alpha value is -1.96. The van der Waals surface area contributed by atoms with Crippen LogP contribution >= 0.6 is 0 Å². The van der Waals surface area contributed by atoms with Crippen LogP contribution in [0.25, 0.3) is 0 Å². The Labute approximate surface area is 107 Å². The second-order valence-corrected chi connectivity index (χ2v) is 4.53. The molecule has 1 heterocycles. The number of hydrogen-bond donors (Lipinski definition) is 0. The lowest BCUT2D eigenvalue weighted by Crippen LogP contribution is -2.14. The summed E-state index contributed by atoms with van der Waals surface area (Å²) in [5.41, 5.74) is 2.49. The quantitative estimate of drug-likeness (QED) is 0.795. The topological polar surface area (TPSA) is 18.5 Å². The number of ether oxygens (including phenoxy) is 2. The number of methoxy groups -OCH3 is 1. The number of fused-ring (bicyclic) bond motifs is 1. The lowest BCUT2D eigenvalue weighted by molar-refractivity contribution is 0.176. The van der Waals surface area contributed by atoms with Crippen LogP contribution in [0.3, 0.4) is 0 Å². The van der Waals surface area contributed by atoms with E-state index < -0.39 is 0 Å². The van der Waals surface area contributed by atoms with Gasteiger partial charge in [-0.15, -0.1) is 0 Å². The van der Waals surface area contributed by atoms with Crippen LogP contribution in [-0.2, 0) is 6.42 Å². The highest BCUT2D eigenvalue weighted by Crippen LogP contribution is 2.35. The fraction of sp³-hybridized carbons (Fsp3) is 0.250. The van der Waals surface area contributed by atoms with Crippen molar-refractivity contribution in [3.05, 3.63) is 59.7 Å². The second-order valence-electron chi connectivity index (χ2n) is 4.53. The third-order valence-corrected chi connectivity index (χ3v) is 3.38. The number of hydrogen-bond acceptors (Lipinski definition) is 2. The van der Waals surface area contributed by atoms with Gasteiger partial charge in [0.15, 0.2) is 0 Å². The van der Waals surface area contributed by atoms with Crippen molar-refractivity contribution in [2.45, 2.75) is 18.9 Å². The van der Waals surface area contributed by atoms with E-state index >= 15 is 0 Å². The van der Waals surface area contributed by atoms with Crippen molar-refractivity contribution in [3.63, 3.8) is 0 Å². The highest BCUT2D eigenvalue weighted by atomic mass is 16.5. The summed E-state index contributed by atoms with van der Waals surface area (Å²) in [4.78, 5) is 0. The molecule has 0 radical (unpaired) electrons. The number of aryl methyl sites for hydroxylation is 1. The largest absolute Gasteiger partial charge is 0.497 e. The smallest absolute Gasteiger partial charge is 0.124 e. The first-order valence-electron chi connectivity index (χ1n) is 6.25. The molecule has 2 nitrogen and oxygen atoms in total. The molecule has 1 unspecified atom stereocenters. The van der Waals surface area contributed by atoms with Crippen LogP contribution in [0.1, 0.15) is 23.7 Å². The van der Waals surface area contributed by atoms with Gasteiger partial charge in [0.2, 0.25) is 0 Å². The molecule has 3 rings (SSSR count). The predicted octanol–water partition coefficient (Wildman–Crippen LogP) is 3.76. The second kappa shape index (κ2) is 4.73. The first-order valence-corrected chi connectivity index (χ1v) is 6.25. The van der Waals surface area contributed by atoms with Gasteiger partial charge in [0.25, 0.3) is 0 Å². The molecule has 18 heavy (non-hydrogen) atoms. The Morgan fingerprint density at radius 2 is 2.00 bits per heavy atom. The minimum atomic E-state index is 0.134. The molecule has 0 fully saturated rings. The van der Waals surface area contributed by atoms with E-state index in [1.165, 1.54) is 11.1 Å². The maximum atomic E-state index is 6.06. The zero-order chi connectivity index (χ0) is 12.4. The Morgan fingerprint density at radius 3 is 2.89 bits per heavy atom. The average molecular weight is 240 g/mol. The lowest BCUT2D eigenvalue weighted by atomic mass is 9.97. The van der Waals surface area contributed by atoms with E-state index in [1.54, 1.807) is 7.11 Å². The molecular weight excluding hydrogens is 224 g/mol. The van der Waals surface area contributed by atoms with Crippen molar-refractivity contribution in [2.75, 3.05) is 7.11 Å². The monoisotopic (exact) mass is 240 g/mol. The van der Waals surface area contributed by atoms with E-state index in [-0.39, 0.29) is 6.10 Å². The Kier molecular flexibility index (Phi) is 2.93. The molecule has 0 saturated carbocycles. The van der Waals surface area contributed by atoms with Crippen molar-refractivity contribution in [2.24, 2.45) is 0 Å².